The fraction of sp³-hybridized carbons (Fsp3) is 0.273. The van der Waals surface area contributed by atoms with Crippen molar-refractivity contribution < 1.29 is 9.50 Å². The topological polar surface area (TPSA) is 93.0 Å². The molecule has 0 saturated heterocycles. The Morgan fingerprint density at radius 2 is 2.12 bits per heavy atom. The van der Waals surface area contributed by atoms with Crippen LogP contribution >= 0.6 is 0 Å². The lowest BCUT2D eigenvalue weighted by Gasteiger charge is -2.28. The third kappa shape index (κ3) is 3.80. The van der Waals surface area contributed by atoms with Crippen LogP contribution in [-0.4, -0.2) is 50.9 Å². The van der Waals surface area contributed by atoms with Crippen molar-refractivity contribution in [1.29, 1.82) is 0 Å². The minimum atomic E-state index is -0.336. The van der Waals surface area contributed by atoms with E-state index in [1.807, 2.05) is 49.6 Å². The second kappa shape index (κ2) is 8.39. The van der Waals surface area contributed by atoms with Crippen molar-refractivity contribution in [1.82, 2.24) is 19.8 Å². The molecule has 2 aromatic carbocycles. The van der Waals surface area contributed by atoms with E-state index in [0.29, 0.717) is 19.5 Å². The SMILES string of the molecule is Cn1ncc2ccc(NN3C=NC(N4Cc5c(NCCCO)cccc5N4)=C(F)C3)cc21. The number of fused-ring (bicyclic) bond motifs is 2. The van der Waals surface area contributed by atoms with Gasteiger partial charge >= 0.3 is 0 Å². The molecule has 9 nitrogen and oxygen atoms in total. The van der Waals surface area contributed by atoms with Crippen LogP contribution in [0.3, 0.4) is 0 Å². The van der Waals surface area contributed by atoms with E-state index in [9.17, 15) is 0 Å². The quantitative estimate of drug-likeness (QED) is 0.423. The first kappa shape index (κ1) is 20.1. The number of aryl methyl sites for hydroxylation is 1. The molecule has 0 unspecified atom stereocenters. The van der Waals surface area contributed by atoms with Crippen molar-refractivity contribution in [2.24, 2.45) is 12.0 Å². The molecule has 2 aliphatic heterocycles. The van der Waals surface area contributed by atoms with E-state index in [4.69, 9.17) is 5.11 Å². The Morgan fingerprint density at radius 3 is 2.97 bits per heavy atom. The van der Waals surface area contributed by atoms with Crippen LogP contribution in [-0.2, 0) is 13.6 Å². The molecule has 5 rings (SSSR count). The summed E-state index contributed by atoms with van der Waals surface area (Å²) >= 11 is 0. The number of nitrogens with one attached hydrogen (secondary N) is 3. The van der Waals surface area contributed by atoms with Gasteiger partial charge in [-0.3, -0.25) is 25.6 Å². The number of aliphatic hydroxyl groups is 1. The summed E-state index contributed by atoms with van der Waals surface area (Å²) in [5, 5.41) is 21.0. The highest BCUT2D eigenvalue weighted by Gasteiger charge is 2.27. The van der Waals surface area contributed by atoms with E-state index in [0.717, 1.165) is 33.5 Å². The van der Waals surface area contributed by atoms with Gasteiger partial charge in [0.1, 0.15) is 6.34 Å². The summed E-state index contributed by atoms with van der Waals surface area (Å²) in [5.41, 5.74) is 11.2. The first-order valence-corrected chi connectivity index (χ1v) is 10.5. The van der Waals surface area contributed by atoms with E-state index >= 15 is 4.39 Å². The molecule has 0 spiro atoms. The summed E-state index contributed by atoms with van der Waals surface area (Å²) in [6, 6.07) is 11.8. The number of benzene rings is 2. The van der Waals surface area contributed by atoms with Crippen molar-refractivity contribution in [3.8, 4) is 0 Å². The van der Waals surface area contributed by atoms with Gasteiger partial charge in [-0.15, -0.1) is 0 Å². The number of aliphatic imine (C=N–C) groups is 1. The molecular formula is C22H25FN8O. The lowest BCUT2D eigenvalue weighted by molar-refractivity contribution is 0.292. The van der Waals surface area contributed by atoms with Crippen molar-refractivity contribution in [2.45, 2.75) is 13.0 Å². The minimum absolute atomic E-state index is 0.0540. The van der Waals surface area contributed by atoms with Gasteiger partial charge in [-0.05, 0) is 36.8 Å². The third-order valence-electron chi connectivity index (χ3n) is 5.55. The summed E-state index contributed by atoms with van der Waals surface area (Å²) in [7, 11) is 1.89. The maximum Gasteiger partial charge on any atom is 0.183 e. The highest BCUT2D eigenvalue weighted by molar-refractivity contribution is 5.82. The fourth-order valence-corrected chi connectivity index (χ4v) is 3.92. The molecule has 0 atom stereocenters. The fourth-order valence-electron chi connectivity index (χ4n) is 3.92. The molecule has 3 aromatic rings. The zero-order chi connectivity index (χ0) is 22.1. The average Bonchev–Trinajstić information content (AvgIpc) is 3.38. The van der Waals surface area contributed by atoms with Gasteiger partial charge < -0.3 is 10.4 Å². The van der Waals surface area contributed by atoms with Gasteiger partial charge in [0.15, 0.2) is 11.6 Å². The zero-order valence-corrected chi connectivity index (χ0v) is 17.7. The second-order valence-corrected chi connectivity index (χ2v) is 7.79. The first-order valence-electron chi connectivity index (χ1n) is 10.5. The Hall–Kier alpha value is -3.79. The first-order chi connectivity index (χ1) is 15.6. The number of nitrogens with zero attached hydrogens (tertiary/aromatic N) is 5. The standard InChI is InChI=1S/C22H25FN8O/c1-29-21-10-16(7-6-15(21)11-26-29)27-30-13-18(23)22(25-14-30)31-12-17-19(24-8-3-9-32)4-2-5-20(17)28-31/h2,4-7,10-11,14,24,27-28,32H,3,8-9,12-13H2,1H3. The lowest BCUT2D eigenvalue weighted by Crippen LogP contribution is -2.35. The highest BCUT2D eigenvalue weighted by atomic mass is 19.1. The van der Waals surface area contributed by atoms with E-state index in [-0.39, 0.29) is 24.8 Å². The van der Waals surface area contributed by atoms with Gasteiger partial charge in [-0.1, -0.05) is 6.07 Å². The minimum Gasteiger partial charge on any atom is -0.396 e. The molecule has 0 radical (unpaired) electrons. The molecule has 32 heavy (non-hydrogen) atoms. The maximum absolute atomic E-state index is 15.0. The molecule has 166 valence electrons. The molecule has 2 aliphatic rings. The Labute approximate surface area is 184 Å². The third-order valence-corrected chi connectivity index (χ3v) is 5.55. The summed E-state index contributed by atoms with van der Waals surface area (Å²) in [6.07, 6.45) is 4.07. The van der Waals surface area contributed by atoms with Crippen LogP contribution in [0.2, 0.25) is 0 Å². The lowest BCUT2D eigenvalue weighted by atomic mass is 10.1. The van der Waals surface area contributed by atoms with Gasteiger partial charge in [0.05, 0.1) is 36.2 Å². The molecule has 0 bridgehead atoms. The van der Waals surface area contributed by atoms with Gasteiger partial charge in [-0.2, -0.15) is 5.10 Å². The molecule has 0 aliphatic carbocycles. The number of hydrogen-bond donors (Lipinski definition) is 4. The monoisotopic (exact) mass is 436 g/mol. The van der Waals surface area contributed by atoms with Crippen molar-refractivity contribution in [3.05, 3.63) is 59.8 Å². The summed E-state index contributed by atoms with van der Waals surface area (Å²) < 4.78 is 16.8. The number of hydrazine groups is 2. The summed E-state index contributed by atoms with van der Waals surface area (Å²) in [6.45, 7) is 1.35. The normalized spacial score (nSPS) is 15.3. The predicted octanol–water partition coefficient (Wildman–Crippen LogP) is 3.02. The molecule has 0 fully saturated rings. The number of halogens is 1. The van der Waals surface area contributed by atoms with Crippen LogP contribution in [0.5, 0.6) is 0 Å². The molecular weight excluding hydrogens is 411 g/mol. The van der Waals surface area contributed by atoms with E-state index < -0.39 is 0 Å². The molecule has 10 heteroatoms. The number of rotatable bonds is 7. The van der Waals surface area contributed by atoms with Gasteiger partial charge in [0.2, 0.25) is 0 Å². The smallest absolute Gasteiger partial charge is 0.183 e. The Bertz CT molecular complexity index is 1200. The summed E-state index contributed by atoms with van der Waals surface area (Å²) in [4.78, 5) is 4.36. The molecule has 1 aromatic heterocycles. The number of aliphatic hydroxyl groups excluding tert-OH is 1. The van der Waals surface area contributed by atoms with Crippen molar-refractivity contribution >= 4 is 34.3 Å². The van der Waals surface area contributed by atoms with Crippen LogP contribution in [0.15, 0.2) is 59.2 Å². The number of hydrogen-bond acceptors (Lipinski definition) is 8. The van der Waals surface area contributed by atoms with Crippen molar-refractivity contribution in [2.75, 3.05) is 35.9 Å². The molecule has 0 saturated carbocycles. The summed E-state index contributed by atoms with van der Waals surface area (Å²) in [5.74, 6) is -0.0700. The van der Waals surface area contributed by atoms with Crippen LogP contribution in [0.4, 0.5) is 21.5 Å². The zero-order valence-electron chi connectivity index (χ0n) is 17.7. The van der Waals surface area contributed by atoms with Crippen molar-refractivity contribution in [3.63, 3.8) is 0 Å². The van der Waals surface area contributed by atoms with Gasteiger partial charge in [0.25, 0.3) is 0 Å². The molecule has 3 heterocycles. The number of anilines is 3. The number of aromatic nitrogens is 2. The van der Waals surface area contributed by atoms with Gasteiger partial charge in [-0.25, -0.2) is 9.38 Å². The van der Waals surface area contributed by atoms with Crippen LogP contribution in [0.25, 0.3) is 10.9 Å². The maximum atomic E-state index is 15.0. The largest absolute Gasteiger partial charge is 0.396 e. The Morgan fingerprint density at radius 1 is 1.22 bits per heavy atom. The predicted molar refractivity (Wildman–Crippen MR) is 123 cm³/mol. The van der Waals surface area contributed by atoms with Crippen LogP contribution < -0.4 is 16.2 Å². The van der Waals surface area contributed by atoms with Crippen LogP contribution in [0, 0.1) is 0 Å². The molecule has 4 N–H and O–H groups in total. The van der Waals surface area contributed by atoms with E-state index in [1.165, 1.54) is 0 Å². The average molecular weight is 436 g/mol. The Kier molecular flexibility index (Phi) is 5.28. The second-order valence-electron chi connectivity index (χ2n) is 7.79. The van der Waals surface area contributed by atoms with Crippen LogP contribution in [0.1, 0.15) is 12.0 Å². The molecule has 0 amide bonds. The Balaban J connectivity index is 1.27. The van der Waals surface area contributed by atoms with E-state index in [1.54, 1.807) is 21.0 Å². The highest BCUT2D eigenvalue weighted by Crippen LogP contribution is 2.35. The van der Waals surface area contributed by atoms with Gasteiger partial charge in [0, 0.05) is 36.8 Å². The van der Waals surface area contributed by atoms with E-state index in [2.05, 4.69) is 26.3 Å².